The highest BCUT2D eigenvalue weighted by atomic mass is 35.5. The highest BCUT2D eigenvalue weighted by Gasteiger charge is 2.25. The molecule has 31 heavy (non-hydrogen) atoms. The molecule has 4 heterocycles. The molecule has 7 nitrogen and oxygen atoms in total. The van der Waals surface area contributed by atoms with Crippen molar-refractivity contribution < 1.29 is 9.21 Å². The number of amides is 1. The molecule has 164 valence electrons. The van der Waals surface area contributed by atoms with Gasteiger partial charge >= 0.3 is 0 Å². The summed E-state index contributed by atoms with van der Waals surface area (Å²) in [6.07, 6.45) is 6.96. The van der Waals surface area contributed by atoms with E-state index in [9.17, 15) is 4.79 Å². The lowest BCUT2D eigenvalue weighted by Crippen LogP contribution is -2.38. The van der Waals surface area contributed by atoms with Crippen LogP contribution in [0.2, 0.25) is 5.15 Å². The van der Waals surface area contributed by atoms with Gasteiger partial charge in [0, 0.05) is 25.2 Å². The SMILES string of the molecule is CCC(C)=CNC1=C(C)CN(C(=O)c2ocnc2C)CC1.Clc1cccc2ccnn12. The van der Waals surface area contributed by atoms with Crippen molar-refractivity contribution in [2.75, 3.05) is 13.1 Å². The van der Waals surface area contributed by atoms with Gasteiger partial charge in [-0.25, -0.2) is 9.50 Å². The number of rotatable bonds is 4. The maximum atomic E-state index is 12.4. The predicted octanol–water partition coefficient (Wildman–Crippen LogP) is 4.99. The van der Waals surface area contributed by atoms with Crippen LogP contribution in [0.4, 0.5) is 0 Å². The summed E-state index contributed by atoms with van der Waals surface area (Å²) in [5.41, 5.74) is 5.37. The quantitative estimate of drug-likeness (QED) is 0.577. The molecule has 0 saturated heterocycles. The van der Waals surface area contributed by atoms with Crippen LogP contribution in [0.3, 0.4) is 0 Å². The van der Waals surface area contributed by atoms with E-state index in [0.717, 1.165) is 18.4 Å². The van der Waals surface area contributed by atoms with Gasteiger partial charge in [0.25, 0.3) is 5.91 Å². The first-order chi connectivity index (χ1) is 14.9. The number of nitrogens with zero attached hydrogens (tertiary/aromatic N) is 4. The number of halogens is 1. The fourth-order valence-electron chi connectivity index (χ4n) is 3.17. The smallest absolute Gasteiger partial charge is 0.291 e. The van der Waals surface area contributed by atoms with Crippen LogP contribution < -0.4 is 5.32 Å². The van der Waals surface area contributed by atoms with Crippen LogP contribution in [0.5, 0.6) is 0 Å². The molecule has 0 bridgehead atoms. The van der Waals surface area contributed by atoms with E-state index in [-0.39, 0.29) is 5.91 Å². The molecule has 1 aliphatic rings. The maximum absolute atomic E-state index is 12.4. The summed E-state index contributed by atoms with van der Waals surface area (Å²) in [5.74, 6) is 0.268. The summed E-state index contributed by atoms with van der Waals surface area (Å²) in [7, 11) is 0. The molecule has 4 rings (SSSR count). The van der Waals surface area contributed by atoms with Crippen LogP contribution >= 0.6 is 11.6 Å². The second-order valence-electron chi connectivity index (χ2n) is 7.51. The second-order valence-corrected chi connectivity index (χ2v) is 7.89. The number of hydrogen-bond acceptors (Lipinski definition) is 5. The third kappa shape index (κ3) is 5.55. The minimum atomic E-state index is -0.0799. The Kier molecular flexibility index (Phi) is 7.52. The average Bonchev–Trinajstić information content (AvgIpc) is 3.42. The van der Waals surface area contributed by atoms with Gasteiger partial charge in [-0.2, -0.15) is 5.10 Å². The van der Waals surface area contributed by atoms with Crippen LogP contribution in [-0.2, 0) is 0 Å². The highest BCUT2D eigenvalue weighted by molar-refractivity contribution is 6.29. The number of oxazole rings is 1. The molecular weight excluding hydrogens is 414 g/mol. The number of aryl methyl sites for hydroxylation is 1. The van der Waals surface area contributed by atoms with Gasteiger partial charge in [-0.15, -0.1) is 0 Å². The minimum absolute atomic E-state index is 0.0799. The Labute approximate surface area is 187 Å². The van der Waals surface area contributed by atoms with Crippen molar-refractivity contribution in [3.05, 3.63) is 76.5 Å². The van der Waals surface area contributed by atoms with Crippen molar-refractivity contribution in [1.29, 1.82) is 0 Å². The van der Waals surface area contributed by atoms with Gasteiger partial charge in [0.05, 0.1) is 17.4 Å². The second kappa shape index (κ2) is 10.3. The Morgan fingerprint density at radius 2 is 2.13 bits per heavy atom. The standard InChI is InChI=1S/C16H23N3O2.C7H5ClN2/c1-5-11(2)8-17-14-6-7-19(9-12(14)3)16(20)15-13(4)18-10-21-15;8-7-3-1-2-6-4-5-9-10(6)7/h8,10,17H,5-7,9H2,1-4H3;1-5H. The van der Waals surface area contributed by atoms with Crippen LogP contribution in [0.25, 0.3) is 5.52 Å². The number of aromatic nitrogens is 3. The Morgan fingerprint density at radius 3 is 2.77 bits per heavy atom. The van der Waals surface area contributed by atoms with Crippen LogP contribution in [0.15, 0.2) is 64.3 Å². The Balaban J connectivity index is 0.000000225. The average molecular weight is 442 g/mol. The molecular formula is C23H28ClN5O2. The third-order valence-electron chi connectivity index (χ3n) is 5.23. The summed E-state index contributed by atoms with van der Waals surface area (Å²) in [5, 5.41) is 8.02. The van der Waals surface area contributed by atoms with Gasteiger partial charge in [-0.3, -0.25) is 4.79 Å². The number of carbonyl (C=O) groups is 1. The lowest BCUT2D eigenvalue weighted by atomic mass is 10.1. The van der Waals surface area contributed by atoms with Crippen molar-refractivity contribution in [2.45, 2.75) is 40.5 Å². The zero-order chi connectivity index (χ0) is 22.4. The van der Waals surface area contributed by atoms with Crippen LogP contribution in [0.1, 0.15) is 49.9 Å². The fraction of sp³-hybridized carbons (Fsp3) is 0.348. The molecule has 0 aromatic carbocycles. The van der Waals surface area contributed by atoms with Crippen molar-refractivity contribution in [1.82, 2.24) is 24.8 Å². The predicted molar refractivity (Wildman–Crippen MR) is 122 cm³/mol. The van der Waals surface area contributed by atoms with E-state index in [2.05, 4.69) is 42.4 Å². The van der Waals surface area contributed by atoms with Crippen LogP contribution in [0, 0.1) is 6.92 Å². The molecule has 0 fully saturated rings. The van der Waals surface area contributed by atoms with E-state index in [0.29, 0.717) is 29.7 Å². The third-order valence-corrected chi connectivity index (χ3v) is 5.51. The molecule has 0 radical (unpaired) electrons. The van der Waals surface area contributed by atoms with Crippen molar-refractivity contribution >= 4 is 23.0 Å². The molecule has 0 atom stereocenters. The van der Waals surface area contributed by atoms with Crippen molar-refractivity contribution in [3.8, 4) is 0 Å². The summed E-state index contributed by atoms with van der Waals surface area (Å²) >= 11 is 5.80. The molecule has 8 heteroatoms. The van der Waals surface area contributed by atoms with Gasteiger partial charge in [0.2, 0.25) is 5.76 Å². The molecule has 0 spiro atoms. The zero-order valence-corrected chi connectivity index (χ0v) is 19.1. The summed E-state index contributed by atoms with van der Waals surface area (Å²) in [6, 6.07) is 7.58. The van der Waals surface area contributed by atoms with E-state index < -0.39 is 0 Å². The molecule has 1 aliphatic heterocycles. The van der Waals surface area contributed by atoms with Gasteiger partial charge < -0.3 is 14.6 Å². The molecule has 1 amide bonds. The van der Waals surface area contributed by atoms with Gasteiger partial charge in [-0.1, -0.05) is 30.2 Å². The number of carbonyl (C=O) groups excluding carboxylic acids is 1. The molecule has 3 aromatic heterocycles. The molecule has 0 unspecified atom stereocenters. The van der Waals surface area contributed by atoms with Gasteiger partial charge in [0.1, 0.15) is 5.15 Å². The highest BCUT2D eigenvalue weighted by Crippen LogP contribution is 2.19. The Hall–Kier alpha value is -3.06. The van der Waals surface area contributed by atoms with E-state index in [1.54, 1.807) is 17.6 Å². The summed E-state index contributed by atoms with van der Waals surface area (Å²) in [6.45, 7) is 9.40. The molecule has 0 aliphatic carbocycles. The first kappa shape index (κ1) is 22.6. The van der Waals surface area contributed by atoms with E-state index in [1.165, 1.54) is 23.2 Å². The fourth-order valence-corrected chi connectivity index (χ4v) is 3.38. The summed E-state index contributed by atoms with van der Waals surface area (Å²) < 4.78 is 6.87. The van der Waals surface area contributed by atoms with Gasteiger partial charge in [-0.05, 0) is 57.2 Å². The Morgan fingerprint density at radius 1 is 1.32 bits per heavy atom. The van der Waals surface area contributed by atoms with Crippen molar-refractivity contribution in [2.24, 2.45) is 0 Å². The lowest BCUT2D eigenvalue weighted by Gasteiger charge is -2.29. The van der Waals surface area contributed by atoms with E-state index in [4.69, 9.17) is 16.0 Å². The molecule has 1 N–H and O–H groups in total. The molecule has 0 saturated carbocycles. The van der Waals surface area contributed by atoms with E-state index in [1.807, 2.05) is 29.2 Å². The van der Waals surface area contributed by atoms with Crippen molar-refractivity contribution in [3.63, 3.8) is 0 Å². The van der Waals surface area contributed by atoms with E-state index >= 15 is 0 Å². The topological polar surface area (TPSA) is 75.7 Å². The molecule has 3 aromatic rings. The largest absolute Gasteiger partial charge is 0.438 e. The maximum Gasteiger partial charge on any atom is 0.291 e. The zero-order valence-electron chi connectivity index (χ0n) is 18.4. The lowest BCUT2D eigenvalue weighted by molar-refractivity contribution is 0.0729. The first-order valence-corrected chi connectivity index (χ1v) is 10.7. The Bertz CT molecular complexity index is 1110. The normalized spacial score (nSPS) is 14.5. The first-order valence-electron chi connectivity index (χ1n) is 10.3. The number of nitrogens with one attached hydrogen (secondary N) is 1. The van der Waals surface area contributed by atoms with Crippen LogP contribution in [-0.4, -0.2) is 38.5 Å². The number of hydrogen-bond donors (Lipinski definition) is 1. The number of fused-ring (bicyclic) bond motifs is 1. The minimum Gasteiger partial charge on any atom is -0.438 e. The van der Waals surface area contributed by atoms with Gasteiger partial charge in [0.15, 0.2) is 6.39 Å². The summed E-state index contributed by atoms with van der Waals surface area (Å²) in [4.78, 5) is 18.2. The number of allylic oxidation sites excluding steroid dienone is 1. The monoisotopic (exact) mass is 441 g/mol. The number of pyridine rings is 1.